The van der Waals surface area contributed by atoms with Gasteiger partial charge in [0.15, 0.2) is 0 Å². The first kappa shape index (κ1) is 28.7. The fraction of sp³-hybridized carbons (Fsp3) is 0.150. The molecule has 0 bridgehead atoms. The van der Waals surface area contributed by atoms with E-state index in [1.165, 1.54) is 21.9 Å². The Morgan fingerprint density at radius 1 is 0.667 bits per heavy atom. The second-order valence-corrected chi connectivity index (χ2v) is 17.7. The Morgan fingerprint density at radius 3 is 2.18 bits per heavy atom. The minimum Gasteiger partial charge on any atom is -0.506 e. The predicted molar refractivity (Wildman–Crippen MR) is 191 cm³/mol. The Balaban J connectivity index is 1.42. The van der Waals surface area contributed by atoms with Crippen LogP contribution in [0.1, 0.15) is 26.3 Å². The quantitative estimate of drug-likeness (QED) is 0.200. The summed E-state index contributed by atoms with van der Waals surface area (Å²) < 4.78 is 2.08. The summed E-state index contributed by atoms with van der Waals surface area (Å²) in [5.41, 5.74) is 8.17. The zero-order chi connectivity index (χ0) is 31.3. The molecule has 0 saturated heterocycles. The van der Waals surface area contributed by atoms with Gasteiger partial charge in [-0.2, -0.15) is 0 Å². The van der Waals surface area contributed by atoms with Crippen molar-refractivity contribution in [2.75, 3.05) is 0 Å². The lowest BCUT2D eigenvalue weighted by atomic mass is 9.86. The highest BCUT2D eigenvalue weighted by Gasteiger charge is 2.30. The van der Waals surface area contributed by atoms with E-state index in [1.54, 1.807) is 6.07 Å². The third-order valence-corrected chi connectivity index (χ3v) is 12.3. The molecule has 222 valence electrons. The zero-order valence-corrected chi connectivity index (χ0v) is 27.4. The lowest BCUT2D eigenvalue weighted by molar-refractivity contribution is 0.473. The van der Waals surface area contributed by atoms with Crippen LogP contribution < -0.4 is 10.5 Å². The number of aromatic nitrogens is 3. The number of nitrogens with zero attached hydrogens (tertiary/aromatic N) is 3. The monoisotopic (exact) mass is 603 g/mol. The van der Waals surface area contributed by atoms with Crippen molar-refractivity contribution in [1.29, 1.82) is 0 Å². The number of rotatable bonds is 5. The van der Waals surface area contributed by atoms with Gasteiger partial charge in [-0.05, 0) is 70.6 Å². The average molecular weight is 604 g/mol. The lowest BCUT2D eigenvalue weighted by Gasteiger charge is -2.27. The number of para-hydroxylation sites is 3. The van der Waals surface area contributed by atoms with Crippen LogP contribution in [-0.2, 0) is 5.41 Å². The number of benzene rings is 4. The van der Waals surface area contributed by atoms with Gasteiger partial charge in [0, 0.05) is 27.8 Å². The minimum absolute atomic E-state index is 0.0522. The van der Waals surface area contributed by atoms with Gasteiger partial charge < -0.3 is 5.11 Å². The van der Waals surface area contributed by atoms with Gasteiger partial charge in [0.1, 0.15) is 19.5 Å². The number of aromatic hydroxyl groups is 1. The molecular weight excluding hydrogens is 567 g/mol. The van der Waals surface area contributed by atoms with E-state index in [0.29, 0.717) is 0 Å². The maximum atomic E-state index is 10.9. The molecule has 45 heavy (non-hydrogen) atoms. The van der Waals surface area contributed by atoms with Gasteiger partial charge in [-0.25, -0.2) is 4.98 Å². The SMILES string of the molecule is CC(C)(C)c1cc(-c2ccc3c4ccccc4n(-c4ccccc4O)c3n2)cc([Si](C)(C)c2cc(-c3ccccc3)ccn2)c1. The fourth-order valence-electron chi connectivity index (χ4n) is 6.20. The molecule has 0 spiro atoms. The second-order valence-electron chi connectivity index (χ2n) is 13.4. The maximum Gasteiger partial charge on any atom is 0.146 e. The van der Waals surface area contributed by atoms with Gasteiger partial charge in [0.05, 0.1) is 16.9 Å². The van der Waals surface area contributed by atoms with Crippen molar-refractivity contribution >= 4 is 40.5 Å². The number of hydrogen-bond donors (Lipinski definition) is 1. The van der Waals surface area contributed by atoms with E-state index in [-0.39, 0.29) is 11.2 Å². The van der Waals surface area contributed by atoms with E-state index in [4.69, 9.17) is 9.97 Å². The van der Waals surface area contributed by atoms with Crippen molar-refractivity contribution in [1.82, 2.24) is 14.5 Å². The van der Waals surface area contributed by atoms with Gasteiger partial charge in [0.25, 0.3) is 0 Å². The molecule has 0 saturated carbocycles. The smallest absolute Gasteiger partial charge is 0.146 e. The minimum atomic E-state index is -2.22. The number of pyridine rings is 2. The van der Waals surface area contributed by atoms with E-state index in [1.807, 2.05) is 30.5 Å². The first-order valence-electron chi connectivity index (χ1n) is 15.5. The molecule has 0 amide bonds. The Hall–Kier alpha value is -5.00. The molecule has 0 unspecified atom stereocenters. The number of hydrogen-bond acceptors (Lipinski definition) is 3. The number of fused-ring (bicyclic) bond motifs is 3. The molecule has 1 N–H and O–H groups in total. The third kappa shape index (κ3) is 5.13. The van der Waals surface area contributed by atoms with Crippen LogP contribution in [0.15, 0.2) is 128 Å². The topological polar surface area (TPSA) is 50.9 Å². The van der Waals surface area contributed by atoms with Crippen LogP contribution in [0.3, 0.4) is 0 Å². The van der Waals surface area contributed by atoms with Gasteiger partial charge in [-0.3, -0.25) is 9.55 Å². The fourth-order valence-corrected chi connectivity index (χ4v) is 8.44. The van der Waals surface area contributed by atoms with Crippen molar-refractivity contribution in [3.05, 3.63) is 133 Å². The summed E-state index contributed by atoms with van der Waals surface area (Å²) in [5, 5.41) is 15.5. The van der Waals surface area contributed by atoms with Gasteiger partial charge in [-0.1, -0.05) is 112 Å². The molecule has 0 aliphatic carbocycles. The van der Waals surface area contributed by atoms with Crippen molar-refractivity contribution in [3.63, 3.8) is 0 Å². The highest BCUT2D eigenvalue weighted by molar-refractivity contribution is 7.00. The van der Waals surface area contributed by atoms with Crippen LogP contribution in [0.4, 0.5) is 0 Å². The van der Waals surface area contributed by atoms with E-state index >= 15 is 0 Å². The summed E-state index contributed by atoms with van der Waals surface area (Å²) in [6.45, 7) is 11.6. The zero-order valence-electron chi connectivity index (χ0n) is 26.4. The van der Waals surface area contributed by atoms with E-state index in [0.717, 1.165) is 44.2 Å². The van der Waals surface area contributed by atoms with E-state index < -0.39 is 8.07 Å². The summed E-state index contributed by atoms with van der Waals surface area (Å²) >= 11 is 0. The predicted octanol–water partition coefficient (Wildman–Crippen LogP) is 8.73. The standard InChI is InChI=1S/C40H37N3OSi/c1-40(2,3)30-23-29(24-31(26-30)45(4,5)38-25-28(21-22-41-38)27-13-7-6-8-14-27)34-20-19-33-32-15-9-10-16-35(32)43(39(33)42-34)36-17-11-12-18-37(36)44/h6-26,44H,1-5H3. The molecule has 7 rings (SSSR count). The molecule has 4 nitrogen and oxygen atoms in total. The Kier molecular flexibility index (Phi) is 6.94. The largest absolute Gasteiger partial charge is 0.506 e. The van der Waals surface area contributed by atoms with Crippen LogP contribution >= 0.6 is 0 Å². The highest BCUT2D eigenvalue weighted by atomic mass is 28.3. The van der Waals surface area contributed by atoms with Crippen molar-refractivity contribution < 1.29 is 5.11 Å². The summed E-state index contributed by atoms with van der Waals surface area (Å²) in [7, 11) is -2.22. The normalized spacial score (nSPS) is 12.2. The van der Waals surface area contributed by atoms with Crippen LogP contribution in [0.5, 0.6) is 5.75 Å². The molecule has 0 atom stereocenters. The molecule has 0 aliphatic rings. The van der Waals surface area contributed by atoms with Gasteiger partial charge >= 0.3 is 0 Å². The van der Waals surface area contributed by atoms with Crippen LogP contribution in [0.25, 0.3) is 50.0 Å². The molecule has 0 aliphatic heterocycles. The van der Waals surface area contributed by atoms with Crippen molar-refractivity contribution in [2.45, 2.75) is 39.3 Å². The first-order chi connectivity index (χ1) is 21.6. The van der Waals surface area contributed by atoms with Crippen molar-refractivity contribution in [3.8, 4) is 33.8 Å². The summed E-state index contributed by atoms with van der Waals surface area (Å²) in [6, 6.07) is 42.0. The first-order valence-corrected chi connectivity index (χ1v) is 18.5. The Bertz CT molecular complexity index is 2190. The molecule has 0 radical (unpaired) electrons. The van der Waals surface area contributed by atoms with Crippen LogP contribution in [0, 0.1) is 0 Å². The lowest BCUT2D eigenvalue weighted by Crippen LogP contribution is -2.54. The summed E-state index contributed by atoms with van der Waals surface area (Å²) in [6.07, 6.45) is 1.95. The Morgan fingerprint density at radius 2 is 1.40 bits per heavy atom. The number of phenols is 1. The molecule has 5 heteroatoms. The third-order valence-electron chi connectivity index (χ3n) is 8.97. The Labute approximate surface area is 265 Å². The summed E-state index contributed by atoms with van der Waals surface area (Å²) in [5.74, 6) is 0.224. The molecular formula is C40H37N3OSi. The second kappa shape index (κ2) is 10.9. The molecule has 7 aromatic rings. The van der Waals surface area contributed by atoms with Crippen LogP contribution in [-0.4, -0.2) is 27.7 Å². The molecule has 3 aromatic heterocycles. The van der Waals surface area contributed by atoms with Crippen molar-refractivity contribution in [2.24, 2.45) is 0 Å². The molecule has 0 fully saturated rings. The summed E-state index contributed by atoms with van der Waals surface area (Å²) in [4.78, 5) is 10.3. The van der Waals surface area contributed by atoms with E-state index in [9.17, 15) is 5.11 Å². The highest BCUT2D eigenvalue weighted by Crippen LogP contribution is 2.36. The molecule has 3 heterocycles. The maximum absolute atomic E-state index is 10.9. The number of phenolic OH excluding ortho intramolecular Hbond substituents is 1. The van der Waals surface area contributed by atoms with Gasteiger partial charge in [-0.15, -0.1) is 0 Å². The van der Waals surface area contributed by atoms with Gasteiger partial charge in [0.2, 0.25) is 0 Å². The average Bonchev–Trinajstić information content (AvgIpc) is 3.38. The molecule has 4 aromatic carbocycles. The van der Waals surface area contributed by atoms with Crippen LogP contribution in [0.2, 0.25) is 13.1 Å². The van der Waals surface area contributed by atoms with E-state index in [2.05, 4.69) is 129 Å².